The molecule has 176 valence electrons. The molecule has 2 amide bonds. The first-order valence-electron chi connectivity index (χ1n) is 10.6. The number of fused-ring (bicyclic) bond motifs is 1. The molecule has 0 radical (unpaired) electrons. The van der Waals surface area contributed by atoms with Crippen molar-refractivity contribution < 1.29 is 27.9 Å². The number of hydrogen-bond acceptors (Lipinski definition) is 5. The summed E-state index contributed by atoms with van der Waals surface area (Å²) in [6, 6.07) is 10.5. The summed E-state index contributed by atoms with van der Waals surface area (Å²) in [5, 5.41) is 15.1. The first-order chi connectivity index (χ1) is 15.8. The van der Waals surface area contributed by atoms with Crippen molar-refractivity contribution in [3.8, 4) is 5.75 Å². The molecule has 2 aromatic carbocycles. The van der Waals surface area contributed by atoms with E-state index < -0.39 is 16.0 Å². The van der Waals surface area contributed by atoms with Gasteiger partial charge in [-0.3, -0.25) is 4.79 Å². The molecule has 10 heteroatoms. The number of urea groups is 1. The molecular weight excluding hydrogens is 446 g/mol. The lowest BCUT2D eigenvalue weighted by atomic mass is 10.1. The van der Waals surface area contributed by atoms with Crippen LogP contribution in [0.2, 0.25) is 0 Å². The van der Waals surface area contributed by atoms with Gasteiger partial charge in [0.25, 0.3) is 10.0 Å². The van der Waals surface area contributed by atoms with Crippen LogP contribution in [-0.2, 0) is 21.2 Å². The number of hydrogen-bond donors (Lipinski definition) is 3. The summed E-state index contributed by atoms with van der Waals surface area (Å²) in [6.07, 6.45) is 3.34. The molecule has 33 heavy (non-hydrogen) atoms. The maximum Gasteiger partial charge on any atom is 0.319 e. The summed E-state index contributed by atoms with van der Waals surface area (Å²) < 4.78 is 33.1. The molecule has 3 N–H and O–H groups in total. The molecule has 0 fully saturated rings. The Kier molecular flexibility index (Phi) is 7.59. The number of aryl methyl sites for hydroxylation is 1. The van der Waals surface area contributed by atoms with Gasteiger partial charge in [0.05, 0.1) is 17.5 Å². The van der Waals surface area contributed by atoms with Gasteiger partial charge in [0.1, 0.15) is 5.75 Å². The standard InChI is InChI=1S/C23H27N3O6S/c1-3-4-13-24-23(29)25-17-6-9-19(10-7-17)33(30,31)26-15-16(5-12-22(27)28)20-14-18(32-2)8-11-21(20)26/h6-11,14-15H,3-5,12-13H2,1-2H3,(H,27,28)(H2,24,25,29). The number of carbonyl (C=O) groups is 2. The van der Waals surface area contributed by atoms with Crippen molar-refractivity contribution in [2.45, 2.75) is 37.5 Å². The third kappa shape index (κ3) is 5.64. The molecule has 3 rings (SSSR count). The van der Waals surface area contributed by atoms with Crippen LogP contribution in [0.5, 0.6) is 5.75 Å². The maximum atomic E-state index is 13.4. The Morgan fingerprint density at radius 1 is 1.12 bits per heavy atom. The predicted octanol–water partition coefficient (Wildman–Crippen LogP) is 3.83. The number of nitrogens with zero attached hydrogens (tertiary/aromatic N) is 1. The second-order valence-electron chi connectivity index (χ2n) is 7.49. The van der Waals surface area contributed by atoms with E-state index in [4.69, 9.17) is 9.84 Å². The average molecular weight is 474 g/mol. The van der Waals surface area contributed by atoms with E-state index in [9.17, 15) is 18.0 Å². The van der Waals surface area contributed by atoms with Crippen LogP contribution < -0.4 is 15.4 Å². The summed E-state index contributed by atoms with van der Waals surface area (Å²) in [6.45, 7) is 2.59. The second-order valence-corrected chi connectivity index (χ2v) is 9.31. The fourth-order valence-corrected chi connectivity index (χ4v) is 4.78. The van der Waals surface area contributed by atoms with Gasteiger partial charge in [0.15, 0.2) is 0 Å². The minimum Gasteiger partial charge on any atom is -0.497 e. The van der Waals surface area contributed by atoms with E-state index in [-0.39, 0.29) is 23.8 Å². The van der Waals surface area contributed by atoms with Gasteiger partial charge in [0, 0.05) is 30.2 Å². The first kappa shape index (κ1) is 24.1. The summed E-state index contributed by atoms with van der Waals surface area (Å²) in [7, 11) is -2.46. The van der Waals surface area contributed by atoms with Crippen LogP contribution in [0.4, 0.5) is 10.5 Å². The first-order valence-corrected chi connectivity index (χ1v) is 12.0. The Morgan fingerprint density at radius 3 is 2.48 bits per heavy atom. The van der Waals surface area contributed by atoms with E-state index in [1.54, 1.807) is 18.2 Å². The summed E-state index contributed by atoms with van der Waals surface area (Å²) in [4.78, 5) is 23.0. The van der Waals surface area contributed by atoms with E-state index in [0.717, 1.165) is 16.8 Å². The van der Waals surface area contributed by atoms with Crippen molar-refractivity contribution in [3.63, 3.8) is 0 Å². The zero-order valence-corrected chi connectivity index (χ0v) is 19.3. The van der Waals surface area contributed by atoms with Crippen molar-refractivity contribution in [3.05, 3.63) is 54.2 Å². The molecule has 0 saturated carbocycles. The monoisotopic (exact) mass is 473 g/mol. The number of methoxy groups -OCH3 is 1. The van der Waals surface area contributed by atoms with Gasteiger partial charge in [-0.15, -0.1) is 0 Å². The van der Waals surface area contributed by atoms with Gasteiger partial charge < -0.3 is 20.5 Å². The number of nitrogens with one attached hydrogen (secondary N) is 2. The van der Waals surface area contributed by atoms with Crippen molar-refractivity contribution in [1.29, 1.82) is 0 Å². The van der Waals surface area contributed by atoms with Crippen molar-refractivity contribution in [1.82, 2.24) is 9.29 Å². The zero-order chi connectivity index (χ0) is 24.0. The van der Waals surface area contributed by atoms with Crippen molar-refractivity contribution >= 4 is 38.6 Å². The summed E-state index contributed by atoms with van der Waals surface area (Å²) >= 11 is 0. The fraction of sp³-hybridized carbons (Fsp3) is 0.304. The number of aromatic nitrogens is 1. The van der Waals surface area contributed by atoms with E-state index in [1.165, 1.54) is 37.6 Å². The molecule has 0 atom stereocenters. The molecule has 3 aromatic rings. The number of aliphatic carboxylic acids is 1. The Balaban J connectivity index is 1.91. The van der Waals surface area contributed by atoms with E-state index in [0.29, 0.717) is 34.4 Å². The van der Waals surface area contributed by atoms with Crippen LogP contribution in [0.15, 0.2) is 53.6 Å². The number of anilines is 1. The highest BCUT2D eigenvalue weighted by Crippen LogP contribution is 2.30. The topological polar surface area (TPSA) is 127 Å². The van der Waals surface area contributed by atoms with Gasteiger partial charge >= 0.3 is 12.0 Å². The van der Waals surface area contributed by atoms with Crippen LogP contribution in [0.1, 0.15) is 31.7 Å². The third-order valence-electron chi connectivity index (χ3n) is 5.15. The number of benzene rings is 2. The number of amides is 2. The molecule has 1 heterocycles. The minimum atomic E-state index is -3.97. The molecule has 0 bridgehead atoms. The lowest BCUT2D eigenvalue weighted by Crippen LogP contribution is -2.29. The highest BCUT2D eigenvalue weighted by Gasteiger charge is 2.22. The lowest BCUT2D eigenvalue weighted by Gasteiger charge is -2.10. The van der Waals surface area contributed by atoms with Crippen LogP contribution in [0.25, 0.3) is 10.9 Å². The summed E-state index contributed by atoms with van der Waals surface area (Å²) in [5.74, 6) is -0.426. The van der Waals surface area contributed by atoms with E-state index >= 15 is 0 Å². The summed E-state index contributed by atoms with van der Waals surface area (Å²) in [5.41, 5.74) is 1.48. The zero-order valence-electron chi connectivity index (χ0n) is 18.5. The van der Waals surface area contributed by atoms with Gasteiger partial charge in [-0.05, 0) is 60.9 Å². The van der Waals surface area contributed by atoms with Crippen LogP contribution in [0, 0.1) is 0 Å². The van der Waals surface area contributed by atoms with E-state index in [1.807, 2.05) is 6.92 Å². The molecule has 1 aromatic heterocycles. The molecule has 0 aliphatic rings. The fourth-order valence-electron chi connectivity index (χ4n) is 3.39. The molecule has 0 aliphatic heterocycles. The number of carbonyl (C=O) groups excluding carboxylic acids is 1. The van der Waals surface area contributed by atoms with Gasteiger partial charge in [-0.25, -0.2) is 17.2 Å². The predicted molar refractivity (Wildman–Crippen MR) is 125 cm³/mol. The van der Waals surface area contributed by atoms with Crippen molar-refractivity contribution in [2.75, 3.05) is 19.0 Å². The number of carboxylic acids is 1. The molecule has 9 nitrogen and oxygen atoms in total. The van der Waals surface area contributed by atoms with Crippen LogP contribution in [0.3, 0.4) is 0 Å². The Morgan fingerprint density at radius 2 is 1.85 bits per heavy atom. The molecule has 0 spiro atoms. The van der Waals surface area contributed by atoms with Gasteiger partial charge in [-0.2, -0.15) is 0 Å². The SMILES string of the molecule is CCCCNC(=O)Nc1ccc(S(=O)(=O)n2cc(CCC(=O)O)c3cc(OC)ccc32)cc1. The smallest absolute Gasteiger partial charge is 0.319 e. The lowest BCUT2D eigenvalue weighted by molar-refractivity contribution is -0.136. The quantitative estimate of drug-likeness (QED) is 0.384. The number of carboxylic acid groups (broad SMARTS) is 1. The second kappa shape index (κ2) is 10.4. The minimum absolute atomic E-state index is 0.0388. The molecule has 0 saturated heterocycles. The average Bonchev–Trinajstić information content (AvgIpc) is 3.17. The molecule has 0 aliphatic carbocycles. The molecule has 0 unspecified atom stereocenters. The Hall–Kier alpha value is -3.53. The number of ether oxygens (including phenoxy) is 1. The van der Waals surface area contributed by atoms with Gasteiger partial charge in [-0.1, -0.05) is 13.3 Å². The van der Waals surface area contributed by atoms with E-state index in [2.05, 4.69) is 10.6 Å². The number of rotatable bonds is 10. The third-order valence-corrected chi connectivity index (χ3v) is 6.84. The highest BCUT2D eigenvalue weighted by molar-refractivity contribution is 7.90. The highest BCUT2D eigenvalue weighted by atomic mass is 32.2. The van der Waals surface area contributed by atoms with Crippen LogP contribution in [-0.4, -0.2) is 43.2 Å². The normalized spacial score (nSPS) is 11.3. The number of unbranched alkanes of at least 4 members (excludes halogenated alkanes) is 1. The largest absolute Gasteiger partial charge is 0.497 e. The molecular formula is C23H27N3O6S. The maximum absolute atomic E-state index is 13.4. The van der Waals surface area contributed by atoms with Crippen LogP contribution >= 0.6 is 0 Å². The Labute approximate surface area is 192 Å². The van der Waals surface area contributed by atoms with Crippen molar-refractivity contribution in [2.24, 2.45) is 0 Å². The van der Waals surface area contributed by atoms with Gasteiger partial charge in [0.2, 0.25) is 0 Å². The Bertz CT molecular complexity index is 1250.